The standard InChI is InChI=1S/C38H30N2O4/c1-25-21-26(9-10-27-11-15-30-24-31(42-2)17-16-29(30)22-27)12-18-34(25)40-37(39-33-8-6-5-7-32(33)38(40)41)20-14-28-13-19-35(43-3)36(23-28)44-4/h5-8,11-24H,1-4H3/b20-14+. The van der Waals surface area contributed by atoms with E-state index in [1.165, 1.54) is 0 Å². The van der Waals surface area contributed by atoms with Crippen molar-refractivity contribution in [3.05, 3.63) is 135 Å². The second-order valence-corrected chi connectivity index (χ2v) is 10.3. The maximum atomic E-state index is 13.9. The lowest BCUT2D eigenvalue weighted by Crippen LogP contribution is -2.23. The Bertz CT molecular complexity index is 2180. The Balaban J connectivity index is 1.38. The number of benzene rings is 5. The molecule has 0 amide bonds. The van der Waals surface area contributed by atoms with Gasteiger partial charge < -0.3 is 14.2 Å². The Morgan fingerprint density at radius 3 is 2.20 bits per heavy atom. The summed E-state index contributed by atoms with van der Waals surface area (Å²) in [5.41, 5.74) is 4.79. The molecule has 0 radical (unpaired) electrons. The van der Waals surface area contributed by atoms with E-state index >= 15 is 0 Å². The molecular formula is C38H30N2O4. The monoisotopic (exact) mass is 578 g/mol. The van der Waals surface area contributed by atoms with Crippen molar-refractivity contribution in [2.75, 3.05) is 21.3 Å². The van der Waals surface area contributed by atoms with Gasteiger partial charge in [0, 0.05) is 11.1 Å². The molecule has 216 valence electrons. The molecule has 0 N–H and O–H groups in total. The van der Waals surface area contributed by atoms with Crippen molar-refractivity contribution >= 4 is 33.8 Å². The summed E-state index contributed by atoms with van der Waals surface area (Å²) < 4.78 is 17.8. The predicted octanol–water partition coefficient (Wildman–Crippen LogP) is 7.44. The molecule has 0 aliphatic carbocycles. The van der Waals surface area contributed by atoms with Gasteiger partial charge in [-0.25, -0.2) is 4.98 Å². The minimum Gasteiger partial charge on any atom is -0.497 e. The normalized spacial score (nSPS) is 11.0. The fourth-order valence-electron chi connectivity index (χ4n) is 5.18. The number of hydrogen-bond donors (Lipinski definition) is 0. The fourth-order valence-corrected chi connectivity index (χ4v) is 5.18. The second-order valence-electron chi connectivity index (χ2n) is 10.3. The van der Waals surface area contributed by atoms with E-state index in [2.05, 4.69) is 17.9 Å². The van der Waals surface area contributed by atoms with Crippen molar-refractivity contribution in [3.8, 4) is 34.8 Å². The molecule has 0 saturated carbocycles. The Labute approximate surface area is 255 Å². The average molecular weight is 579 g/mol. The molecule has 0 saturated heterocycles. The van der Waals surface area contributed by atoms with Crippen molar-refractivity contribution in [1.29, 1.82) is 0 Å². The maximum Gasteiger partial charge on any atom is 0.266 e. The number of aromatic nitrogens is 2. The molecule has 6 rings (SSSR count). The first-order valence-electron chi connectivity index (χ1n) is 14.1. The van der Waals surface area contributed by atoms with Gasteiger partial charge in [0.15, 0.2) is 11.5 Å². The fraction of sp³-hybridized carbons (Fsp3) is 0.105. The van der Waals surface area contributed by atoms with E-state index in [1.807, 2.05) is 104 Å². The molecular weight excluding hydrogens is 548 g/mol. The van der Waals surface area contributed by atoms with Crippen LogP contribution < -0.4 is 19.8 Å². The number of para-hydroxylation sites is 1. The van der Waals surface area contributed by atoms with Crippen LogP contribution in [-0.2, 0) is 0 Å². The Morgan fingerprint density at radius 1 is 0.705 bits per heavy atom. The van der Waals surface area contributed by atoms with E-state index in [1.54, 1.807) is 32.0 Å². The smallest absolute Gasteiger partial charge is 0.266 e. The van der Waals surface area contributed by atoms with Gasteiger partial charge in [0.2, 0.25) is 0 Å². The van der Waals surface area contributed by atoms with Gasteiger partial charge in [-0.2, -0.15) is 0 Å². The van der Waals surface area contributed by atoms with Crippen LogP contribution in [0.25, 0.3) is 39.5 Å². The van der Waals surface area contributed by atoms with Gasteiger partial charge in [-0.1, -0.05) is 48.2 Å². The number of rotatable bonds is 6. The average Bonchev–Trinajstić information content (AvgIpc) is 3.06. The number of nitrogens with zero attached hydrogens (tertiary/aromatic N) is 2. The third kappa shape index (κ3) is 5.64. The molecule has 5 aromatic carbocycles. The minimum absolute atomic E-state index is 0.141. The first-order chi connectivity index (χ1) is 21.5. The van der Waals surface area contributed by atoms with E-state index < -0.39 is 0 Å². The van der Waals surface area contributed by atoms with Crippen molar-refractivity contribution in [1.82, 2.24) is 9.55 Å². The summed E-state index contributed by atoms with van der Waals surface area (Å²) in [6, 6.07) is 31.0. The third-order valence-corrected chi connectivity index (χ3v) is 7.47. The highest BCUT2D eigenvalue weighted by Crippen LogP contribution is 2.28. The zero-order chi connectivity index (χ0) is 30.6. The molecule has 6 heteroatoms. The molecule has 1 aromatic heterocycles. The van der Waals surface area contributed by atoms with Gasteiger partial charge in [-0.05, 0) is 102 Å². The van der Waals surface area contributed by atoms with Crippen molar-refractivity contribution < 1.29 is 14.2 Å². The maximum absolute atomic E-state index is 13.9. The van der Waals surface area contributed by atoms with Crippen LogP contribution in [0, 0.1) is 18.8 Å². The number of ether oxygens (including phenoxy) is 3. The first-order valence-corrected chi connectivity index (χ1v) is 14.1. The van der Waals surface area contributed by atoms with E-state index in [4.69, 9.17) is 19.2 Å². The molecule has 6 nitrogen and oxygen atoms in total. The van der Waals surface area contributed by atoms with Gasteiger partial charge in [-0.3, -0.25) is 9.36 Å². The Hall–Kier alpha value is -5.80. The summed E-state index contributed by atoms with van der Waals surface area (Å²) in [6.45, 7) is 1.98. The molecule has 0 aliphatic heterocycles. The zero-order valence-corrected chi connectivity index (χ0v) is 24.9. The number of fused-ring (bicyclic) bond motifs is 2. The van der Waals surface area contributed by atoms with Crippen LogP contribution in [0.2, 0.25) is 0 Å². The van der Waals surface area contributed by atoms with Crippen LogP contribution >= 0.6 is 0 Å². The predicted molar refractivity (Wildman–Crippen MR) is 177 cm³/mol. The molecule has 0 spiro atoms. The van der Waals surface area contributed by atoms with E-state index in [9.17, 15) is 4.79 Å². The van der Waals surface area contributed by atoms with Gasteiger partial charge in [-0.15, -0.1) is 0 Å². The van der Waals surface area contributed by atoms with Gasteiger partial charge >= 0.3 is 0 Å². The Kier molecular flexibility index (Phi) is 7.86. The summed E-state index contributed by atoms with van der Waals surface area (Å²) >= 11 is 0. The van der Waals surface area contributed by atoms with E-state index in [0.29, 0.717) is 28.2 Å². The van der Waals surface area contributed by atoms with Crippen molar-refractivity contribution in [2.45, 2.75) is 6.92 Å². The summed E-state index contributed by atoms with van der Waals surface area (Å²) in [4.78, 5) is 18.7. The summed E-state index contributed by atoms with van der Waals surface area (Å²) in [5.74, 6) is 9.16. The first kappa shape index (κ1) is 28.3. The summed E-state index contributed by atoms with van der Waals surface area (Å²) in [6.07, 6.45) is 3.75. The third-order valence-electron chi connectivity index (χ3n) is 7.47. The molecule has 6 aromatic rings. The van der Waals surface area contributed by atoms with Crippen LogP contribution in [0.1, 0.15) is 28.1 Å². The quantitative estimate of drug-likeness (QED) is 0.192. The van der Waals surface area contributed by atoms with Crippen LogP contribution in [0.4, 0.5) is 0 Å². The number of hydrogen-bond acceptors (Lipinski definition) is 5. The second kappa shape index (κ2) is 12.2. The van der Waals surface area contributed by atoms with Crippen LogP contribution in [-0.4, -0.2) is 30.9 Å². The van der Waals surface area contributed by atoms with Crippen molar-refractivity contribution in [2.24, 2.45) is 0 Å². The van der Waals surface area contributed by atoms with Crippen molar-refractivity contribution in [3.63, 3.8) is 0 Å². The topological polar surface area (TPSA) is 62.6 Å². The number of methoxy groups -OCH3 is 3. The van der Waals surface area contributed by atoms with Gasteiger partial charge in [0.05, 0.1) is 37.9 Å². The SMILES string of the molecule is COc1ccc2cc(C#Cc3ccc(-n4c(/C=C/c5ccc(OC)c(OC)c5)nc5ccccc5c4=O)c(C)c3)ccc2c1. The van der Waals surface area contributed by atoms with Crippen LogP contribution in [0.15, 0.2) is 102 Å². The molecule has 0 fully saturated rings. The lowest BCUT2D eigenvalue weighted by Gasteiger charge is -2.14. The van der Waals surface area contributed by atoms with Crippen LogP contribution in [0.3, 0.4) is 0 Å². The molecule has 0 unspecified atom stereocenters. The summed E-state index contributed by atoms with van der Waals surface area (Å²) in [7, 11) is 4.87. The summed E-state index contributed by atoms with van der Waals surface area (Å²) in [5, 5.41) is 2.74. The highest BCUT2D eigenvalue weighted by Gasteiger charge is 2.13. The molecule has 44 heavy (non-hydrogen) atoms. The van der Waals surface area contributed by atoms with E-state index in [0.717, 1.165) is 44.5 Å². The van der Waals surface area contributed by atoms with Crippen LogP contribution in [0.5, 0.6) is 17.2 Å². The Morgan fingerprint density at radius 2 is 1.43 bits per heavy atom. The molecule has 0 bridgehead atoms. The molecule has 0 atom stereocenters. The highest BCUT2D eigenvalue weighted by molar-refractivity contribution is 5.85. The molecule has 1 heterocycles. The lowest BCUT2D eigenvalue weighted by atomic mass is 10.1. The zero-order valence-electron chi connectivity index (χ0n) is 24.9. The largest absolute Gasteiger partial charge is 0.497 e. The van der Waals surface area contributed by atoms with Gasteiger partial charge in [0.25, 0.3) is 5.56 Å². The van der Waals surface area contributed by atoms with E-state index in [-0.39, 0.29) is 5.56 Å². The van der Waals surface area contributed by atoms with Gasteiger partial charge in [0.1, 0.15) is 11.6 Å². The molecule has 0 aliphatic rings. The minimum atomic E-state index is -0.141. The highest BCUT2D eigenvalue weighted by atomic mass is 16.5. The lowest BCUT2D eigenvalue weighted by molar-refractivity contribution is 0.355. The number of aryl methyl sites for hydroxylation is 1.